The van der Waals surface area contributed by atoms with Gasteiger partial charge < -0.3 is 9.32 Å². The van der Waals surface area contributed by atoms with E-state index in [1.165, 1.54) is 0 Å². The molecule has 1 unspecified atom stereocenters. The smallest absolute Gasteiger partial charge is 0.417 e. The maximum absolute atomic E-state index is 13.6. The molecule has 6 heteroatoms. The molecule has 0 saturated carbocycles. The summed E-state index contributed by atoms with van der Waals surface area (Å²) in [5.74, 6) is 0.177. The molecule has 0 saturated heterocycles. The lowest BCUT2D eigenvalue weighted by atomic mass is 9.72. The average molecular weight is 351 g/mol. The average Bonchev–Trinajstić information content (AvgIpc) is 2.50. The first-order valence-corrected chi connectivity index (χ1v) is 8.57. The molecular weight excluding hydrogens is 331 g/mol. The molecule has 2 aromatic rings. The van der Waals surface area contributed by atoms with Crippen molar-refractivity contribution in [2.45, 2.75) is 51.1 Å². The Balaban J connectivity index is 2.21. The van der Waals surface area contributed by atoms with Crippen molar-refractivity contribution in [1.29, 1.82) is 0 Å². The minimum absolute atomic E-state index is 0.00419. The minimum atomic E-state index is -4.59. The van der Waals surface area contributed by atoms with E-state index in [1.54, 1.807) is 6.07 Å². The highest BCUT2D eigenvalue weighted by Crippen LogP contribution is 2.51. The summed E-state index contributed by atoms with van der Waals surface area (Å²) in [6.45, 7) is 7.82. The molecule has 2 aliphatic heterocycles. The van der Waals surface area contributed by atoms with E-state index in [0.29, 0.717) is 6.07 Å². The fraction of sp³-hybridized carbons (Fsp3) is 0.526. The van der Waals surface area contributed by atoms with E-state index in [1.807, 2.05) is 20.8 Å². The molecular formula is C19H20F3NO2. The number of alkyl halides is 3. The molecule has 0 bridgehead atoms. The van der Waals surface area contributed by atoms with Crippen molar-refractivity contribution < 1.29 is 17.6 Å². The summed E-state index contributed by atoms with van der Waals surface area (Å²) in [6, 6.07) is 2.17. The lowest BCUT2D eigenvalue weighted by molar-refractivity contribution is -0.136. The van der Waals surface area contributed by atoms with Crippen LogP contribution in [0.1, 0.15) is 56.2 Å². The highest BCUT2D eigenvalue weighted by atomic mass is 19.4. The van der Waals surface area contributed by atoms with Crippen LogP contribution in [0.5, 0.6) is 0 Å². The number of rotatable bonds is 0. The molecule has 2 aliphatic rings. The summed E-state index contributed by atoms with van der Waals surface area (Å²) >= 11 is 0. The fourth-order valence-corrected chi connectivity index (χ4v) is 4.27. The summed E-state index contributed by atoms with van der Waals surface area (Å²) in [5, 5.41) is 0.00419. The van der Waals surface area contributed by atoms with Gasteiger partial charge in [0.1, 0.15) is 5.58 Å². The van der Waals surface area contributed by atoms with Crippen molar-refractivity contribution in [3.8, 4) is 0 Å². The summed E-state index contributed by atoms with van der Waals surface area (Å²) in [7, 11) is 0. The quantitative estimate of drug-likeness (QED) is 0.639. The first-order valence-electron chi connectivity index (χ1n) is 8.57. The zero-order chi connectivity index (χ0) is 18.1. The number of anilines is 1. The Labute approximate surface area is 143 Å². The maximum atomic E-state index is 13.6. The number of hydrogen-bond donors (Lipinski definition) is 0. The number of halogens is 3. The van der Waals surface area contributed by atoms with Gasteiger partial charge in [0.2, 0.25) is 0 Å². The molecule has 4 rings (SSSR count). The second kappa shape index (κ2) is 5.02. The van der Waals surface area contributed by atoms with Crippen LogP contribution in [0.2, 0.25) is 0 Å². The van der Waals surface area contributed by atoms with Crippen LogP contribution < -0.4 is 10.5 Å². The molecule has 0 N–H and O–H groups in total. The standard InChI is InChI=1S/C19H20F3NO2/c1-10-4-6-23-7-5-18(2,3)15-16(23)11(10)8-12-13(19(20,21)22)9-14(24)25-17(12)15/h8-10H,4-7H2,1-3H3. The van der Waals surface area contributed by atoms with Gasteiger partial charge in [-0.3, -0.25) is 0 Å². The van der Waals surface area contributed by atoms with Crippen LogP contribution in [0.3, 0.4) is 0 Å². The van der Waals surface area contributed by atoms with Gasteiger partial charge in [0.15, 0.2) is 0 Å². The highest BCUT2D eigenvalue weighted by molar-refractivity contribution is 5.92. The minimum Gasteiger partial charge on any atom is -0.422 e. The van der Waals surface area contributed by atoms with E-state index in [2.05, 4.69) is 4.90 Å². The Morgan fingerprint density at radius 1 is 1.24 bits per heavy atom. The van der Waals surface area contributed by atoms with E-state index in [9.17, 15) is 18.0 Å². The van der Waals surface area contributed by atoms with E-state index in [-0.39, 0.29) is 22.3 Å². The topological polar surface area (TPSA) is 33.5 Å². The molecule has 1 aromatic heterocycles. The zero-order valence-electron chi connectivity index (χ0n) is 14.5. The van der Waals surface area contributed by atoms with Crippen molar-refractivity contribution in [2.75, 3.05) is 18.0 Å². The molecule has 1 atom stereocenters. The normalized spacial score (nSPS) is 22.2. The second-order valence-electron chi connectivity index (χ2n) is 7.85. The van der Waals surface area contributed by atoms with Gasteiger partial charge in [-0.25, -0.2) is 4.79 Å². The van der Waals surface area contributed by atoms with Gasteiger partial charge in [0, 0.05) is 35.8 Å². The molecule has 0 fully saturated rings. The van der Waals surface area contributed by atoms with E-state index in [4.69, 9.17) is 4.42 Å². The van der Waals surface area contributed by atoms with Crippen molar-refractivity contribution in [3.05, 3.63) is 39.2 Å². The summed E-state index contributed by atoms with van der Waals surface area (Å²) in [5.41, 5.74) is 0.558. The Hall–Kier alpha value is -1.98. The molecule has 3 nitrogen and oxygen atoms in total. The van der Waals surface area contributed by atoms with Gasteiger partial charge in [-0.05, 0) is 35.8 Å². The Morgan fingerprint density at radius 3 is 2.64 bits per heavy atom. The van der Waals surface area contributed by atoms with Gasteiger partial charge in [0.25, 0.3) is 0 Å². The van der Waals surface area contributed by atoms with Crippen LogP contribution >= 0.6 is 0 Å². The summed E-state index contributed by atoms with van der Waals surface area (Å²) < 4.78 is 46.0. The van der Waals surface area contributed by atoms with Crippen molar-refractivity contribution in [3.63, 3.8) is 0 Å². The predicted octanol–water partition coefficient (Wildman–Crippen LogP) is 4.81. The van der Waals surface area contributed by atoms with E-state index in [0.717, 1.165) is 42.7 Å². The van der Waals surface area contributed by atoms with Crippen LogP contribution in [-0.4, -0.2) is 13.1 Å². The molecule has 134 valence electrons. The lowest BCUT2D eigenvalue weighted by Gasteiger charge is -2.45. The molecule has 1 aromatic carbocycles. The van der Waals surface area contributed by atoms with Gasteiger partial charge in [-0.15, -0.1) is 0 Å². The lowest BCUT2D eigenvalue weighted by Crippen LogP contribution is -2.41. The predicted molar refractivity (Wildman–Crippen MR) is 90.4 cm³/mol. The number of nitrogens with zero attached hydrogens (tertiary/aromatic N) is 1. The third-order valence-corrected chi connectivity index (χ3v) is 5.70. The van der Waals surface area contributed by atoms with Crippen LogP contribution in [0, 0.1) is 0 Å². The Bertz CT molecular complexity index is 927. The summed E-state index contributed by atoms with van der Waals surface area (Å²) in [6.07, 6.45) is -2.87. The van der Waals surface area contributed by atoms with Crippen molar-refractivity contribution in [1.82, 2.24) is 0 Å². The Morgan fingerprint density at radius 2 is 1.96 bits per heavy atom. The largest absolute Gasteiger partial charge is 0.422 e. The molecule has 0 radical (unpaired) electrons. The van der Waals surface area contributed by atoms with Crippen molar-refractivity contribution >= 4 is 16.7 Å². The number of benzene rings is 1. The maximum Gasteiger partial charge on any atom is 0.417 e. The van der Waals surface area contributed by atoms with Gasteiger partial charge >= 0.3 is 11.8 Å². The van der Waals surface area contributed by atoms with Crippen LogP contribution in [0.4, 0.5) is 18.9 Å². The van der Waals surface area contributed by atoms with Gasteiger partial charge in [-0.2, -0.15) is 13.2 Å². The van der Waals surface area contributed by atoms with Crippen molar-refractivity contribution in [2.24, 2.45) is 0 Å². The van der Waals surface area contributed by atoms with Crippen LogP contribution in [0.15, 0.2) is 21.3 Å². The highest BCUT2D eigenvalue weighted by Gasteiger charge is 2.41. The third-order valence-electron chi connectivity index (χ3n) is 5.70. The van der Waals surface area contributed by atoms with Crippen LogP contribution in [0.25, 0.3) is 11.0 Å². The molecule has 0 amide bonds. The first kappa shape index (κ1) is 16.5. The van der Waals surface area contributed by atoms with Crippen LogP contribution in [-0.2, 0) is 11.6 Å². The van der Waals surface area contributed by atoms with E-state index < -0.39 is 17.4 Å². The second-order valence-corrected chi connectivity index (χ2v) is 7.85. The van der Waals surface area contributed by atoms with E-state index >= 15 is 0 Å². The monoisotopic (exact) mass is 351 g/mol. The van der Waals surface area contributed by atoms with Gasteiger partial charge in [-0.1, -0.05) is 20.8 Å². The molecule has 25 heavy (non-hydrogen) atoms. The number of fused-ring (bicyclic) bond motifs is 2. The molecule has 0 spiro atoms. The molecule has 3 heterocycles. The SMILES string of the molecule is CC1CCN2CCC(C)(C)c3c2c1cc1c(C(F)(F)F)cc(=O)oc31. The third kappa shape index (κ3) is 2.37. The summed E-state index contributed by atoms with van der Waals surface area (Å²) in [4.78, 5) is 14.1. The first-order chi connectivity index (χ1) is 11.6. The molecule has 0 aliphatic carbocycles. The zero-order valence-corrected chi connectivity index (χ0v) is 14.5. The number of hydrogen-bond acceptors (Lipinski definition) is 3. The fourth-order valence-electron chi connectivity index (χ4n) is 4.27. The van der Waals surface area contributed by atoms with Gasteiger partial charge in [0.05, 0.1) is 5.56 Å². The Kier molecular flexibility index (Phi) is 3.31.